The summed E-state index contributed by atoms with van der Waals surface area (Å²) in [6.45, 7) is 11.9. The highest BCUT2D eigenvalue weighted by Crippen LogP contribution is 2.28. The van der Waals surface area contributed by atoms with E-state index >= 15 is 0 Å². The van der Waals surface area contributed by atoms with Crippen LogP contribution in [0.25, 0.3) is 0 Å². The molecule has 4 rings (SSSR count). The largest absolute Gasteiger partial charge is 0.497 e. The Labute approximate surface area is 205 Å². The zero-order valence-electron chi connectivity index (χ0n) is 21.0. The lowest BCUT2D eigenvalue weighted by Gasteiger charge is -2.37. The van der Waals surface area contributed by atoms with Crippen LogP contribution in [0, 0.1) is 6.92 Å². The summed E-state index contributed by atoms with van der Waals surface area (Å²) >= 11 is 0. The lowest BCUT2D eigenvalue weighted by atomic mass is 10.0. The summed E-state index contributed by atoms with van der Waals surface area (Å²) in [5, 5.41) is 0. The summed E-state index contributed by atoms with van der Waals surface area (Å²) < 4.78 is 11.9. The van der Waals surface area contributed by atoms with E-state index in [4.69, 9.17) is 9.47 Å². The van der Waals surface area contributed by atoms with E-state index in [0.29, 0.717) is 5.92 Å². The zero-order chi connectivity index (χ0) is 23.9. The average molecular weight is 459 g/mol. The van der Waals surface area contributed by atoms with E-state index < -0.39 is 0 Å². The summed E-state index contributed by atoms with van der Waals surface area (Å²) in [6, 6.07) is 25.6. The molecule has 0 aliphatic carbocycles. The summed E-state index contributed by atoms with van der Waals surface area (Å²) in [6.07, 6.45) is 0.952. The van der Waals surface area contributed by atoms with Crippen LogP contribution in [0.5, 0.6) is 11.5 Å². The highest BCUT2D eigenvalue weighted by atomic mass is 16.5. The van der Waals surface area contributed by atoms with Crippen LogP contribution in [-0.4, -0.2) is 44.7 Å². The number of para-hydroxylation sites is 1. The van der Waals surface area contributed by atoms with Crippen LogP contribution >= 0.6 is 0 Å². The molecule has 3 aromatic carbocycles. The van der Waals surface area contributed by atoms with Gasteiger partial charge in [0.2, 0.25) is 0 Å². The lowest BCUT2D eigenvalue weighted by Crippen LogP contribution is -2.47. The molecular formula is C30H38N2O2. The molecule has 1 fully saturated rings. The second kappa shape index (κ2) is 11.4. The maximum Gasteiger partial charge on any atom is 0.125 e. The first-order valence-corrected chi connectivity index (χ1v) is 12.5. The van der Waals surface area contributed by atoms with Crippen LogP contribution in [0.15, 0.2) is 72.8 Å². The van der Waals surface area contributed by atoms with E-state index in [9.17, 15) is 0 Å². The minimum absolute atomic E-state index is 0.00482. The first kappa shape index (κ1) is 24.2. The number of anilines is 1. The molecule has 0 saturated carbocycles. The number of piperazine rings is 1. The smallest absolute Gasteiger partial charge is 0.125 e. The number of hydrogen-bond acceptors (Lipinski definition) is 4. The Morgan fingerprint density at radius 1 is 0.765 bits per heavy atom. The molecule has 180 valence electrons. The van der Waals surface area contributed by atoms with Crippen LogP contribution in [0.4, 0.5) is 5.69 Å². The first-order chi connectivity index (χ1) is 16.5. The third-order valence-corrected chi connectivity index (χ3v) is 6.85. The van der Waals surface area contributed by atoms with Crippen LogP contribution < -0.4 is 14.4 Å². The lowest BCUT2D eigenvalue weighted by molar-refractivity contribution is 0.160. The van der Waals surface area contributed by atoms with E-state index in [0.717, 1.165) is 50.6 Å². The van der Waals surface area contributed by atoms with Crippen molar-refractivity contribution in [1.29, 1.82) is 0 Å². The third kappa shape index (κ3) is 6.12. The number of hydrogen-bond donors (Lipinski definition) is 0. The van der Waals surface area contributed by atoms with Crippen molar-refractivity contribution < 1.29 is 9.47 Å². The number of ether oxygens (including phenoxy) is 2. The number of aryl methyl sites for hydroxylation is 1. The standard InChI is InChI=1S/C30H38N2O2/c1-23(2)25-9-15-28(16-10-25)34-30(26-11-13-27(33-4)14-12-26)17-18-31-19-21-32(22-20-31)29-8-6-5-7-24(29)3/h5-16,23,30H,17-22H2,1-4H3. The fraction of sp³-hybridized carbons (Fsp3) is 0.400. The van der Waals surface area contributed by atoms with Gasteiger partial charge >= 0.3 is 0 Å². The Bertz CT molecular complexity index is 1020. The Hall–Kier alpha value is -2.98. The van der Waals surface area contributed by atoms with Gasteiger partial charge in [0.05, 0.1) is 7.11 Å². The fourth-order valence-electron chi connectivity index (χ4n) is 4.64. The predicted molar refractivity (Wildman–Crippen MR) is 141 cm³/mol. The van der Waals surface area contributed by atoms with Crippen molar-refractivity contribution in [3.05, 3.63) is 89.5 Å². The van der Waals surface area contributed by atoms with Crippen molar-refractivity contribution in [3.8, 4) is 11.5 Å². The van der Waals surface area contributed by atoms with Gasteiger partial charge in [-0.1, -0.05) is 56.3 Å². The van der Waals surface area contributed by atoms with Crippen molar-refractivity contribution in [2.75, 3.05) is 44.7 Å². The van der Waals surface area contributed by atoms with E-state index in [2.05, 4.69) is 91.2 Å². The van der Waals surface area contributed by atoms with Crippen LogP contribution in [-0.2, 0) is 0 Å². The third-order valence-electron chi connectivity index (χ3n) is 6.85. The number of benzene rings is 3. The van der Waals surface area contributed by atoms with Crippen molar-refractivity contribution in [3.63, 3.8) is 0 Å². The van der Waals surface area contributed by atoms with Gasteiger partial charge in [-0.2, -0.15) is 0 Å². The highest BCUT2D eigenvalue weighted by molar-refractivity contribution is 5.53. The van der Waals surface area contributed by atoms with Gasteiger partial charge in [-0.05, 0) is 59.9 Å². The highest BCUT2D eigenvalue weighted by Gasteiger charge is 2.21. The summed E-state index contributed by atoms with van der Waals surface area (Å²) in [4.78, 5) is 5.08. The minimum Gasteiger partial charge on any atom is -0.497 e. The second-order valence-electron chi connectivity index (χ2n) is 9.51. The molecule has 0 radical (unpaired) electrons. The zero-order valence-corrected chi connectivity index (χ0v) is 21.0. The van der Waals surface area contributed by atoms with Crippen LogP contribution in [0.1, 0.15) is 49.0 Å². The molecular weight excluding hydrogens is 420 g/mol. The molecule has 0 spiro atoms. The summed E-state index contributed by atoms with van der Waals surface area (Å²) in [5.41, 5.74) is 5.24. The van der Waals surface area contributed by atoms with Gasteiger partial charge in [0.1, 0.15) is 17.6 Å². The van der Waals surface area contributed by atoms with Crippen LogP contribution in [0.3, 0.4) is 0 Å². The van der Waals surface area contributed by atoms with Gasteiger partial charge in [0.25, 0.3) is 0 Å². The molecule has 0 amide bonds. The minimum atomic E-state index is 0.00482. The molecule has 1 heterocycles. The molecule has 1 saturated heterocycles. The molecule has 4 nitrogen and oxygen atoms in total. The monoisotopic (exact) mass is 458 g/mol. The molecule has 3 aromatic rings. The molecule has 34 heavy (non-hydrogen) atoms. The van der Waals surface area contributed by atoms with E-state index in [1.54, 1.807) is 7.11 Å². The Balaban J connectivity index is 1.39. The van der Waals surface area contributed by atoms with Gasteiger partial charge in [-0.15, -0.1) is 0 Å². The van der Waals surface area contributed by atoms with Crippen molar-refractivity contribution in [2.45, 2.75) is 39.2 Å². The Morgan fingerprint density at radius 2 is 1.38 bits per heavy atom. The van der Waals surface area contributed by atoms with E-state index in [1.165, 1.54) is 22.4 Å². The van der Waals surface area contributed by atoms with Gasteiger partial charge in [-0.3, -0.25) is 4.90 Å². The molecule has 0 aromatic heterocycles. The maximum atomic E-state index is 6.53. The molecule has 1 atom stereocenters. The molecule has 1 unspecified atom stereocenters. The Kier molecular flexibility index (Phi) is 8.12. The van der Waals surface area contributed by atoms with Gasteiger partial charge < -0.3 is 14.4 Å². The Morgan fingerprint density at radius 3 is 2.00 bits per heavy atom. The summed E-state index contributed by atoms with van der Waals surface area (Å²) in [5.74, 6) is 2.32. The number of nitrogens with zero attached hydrogens (tertiary/aromatic N) is 2. The number of methoxy groups -OCH3 is 1. The van der Waals surface area contributed by atoms with Gasteiger partial charge in [-0.25, -0.2) is 0 Å². The fourth-order valence-corrected chi connectivity index (χ4v) is 4.64. The average Bonchev–Trinajstić information content (AvgIpc) is 2.87. The first-order valence-electron chi connectivity index (χ1n) is 12.5. The molecule has 0 bridgehead atoms. The topological polar surface area (TPSA) is 24.9 Å². The van der Waals surface area contributed by atoms with Crippen molar-refractivity contribution in [1.82, 2.24) is 4.90 Å². The van der Waals surface area contributed by atoms with Gasteiger partial charge in [0, 0.05) is 44.8 Å². The van der Waals surface area contributed by atoms with Crippen LogP contribution in [0.2, 0.25) is 0 Å². The van der Waals surface area contributed by atoms with E-state index in [1.807, 2.05) is 12.1 Å². The predicted octanol–water partition coefficient (Wildman–Crippen LogP) is 6.46. The normalized spacial score (nSPS) is 15.4. The van der Waals surface area contributed by atoms with Gasteiger partial charge in [0.15, 0.2) is 0 Å². The quantitative estimate of drug-likeness (QED) is 0.367. The molecule has 1 aliphatic heterocycles. The molecule has 1 aliphatic rings. The molecule has 0 N–H and O–H groups in total. The van der Waals surface area contributed by atoms with Crippen molar-refractivity contribution in [2.24, 2.45) is 0 Å². The second-order valence-corrected chi connectivity index (χ2v) is 9.51. The molecule has 4 heteroatoms. The maximum absolute atomic E-state index is 6.53. The van der Waals surface area contributed by atoms with Crippen molar-refractivity contribution >= 4 is 5.69 Å². The van der Waals surface area contributed by atoms with E-state index in [-0.39, 0.29) is 6.10 Å². The SMILES string of the molecule is COc1ccc(C(CCN2CCN(c3ccccc3C)CC2)Oc2ccc(C(C)C)cc2)cc1. The number of rotatable bonds is 9. The summed E-state index contributed by atoms with van der Waals surface area (Å²) in [7, 11) is 1.70.